The van der Waals surface area contributed by atoms with Gasteiger partial charge in [0.05, 0.1) is 16.8 Å². The molecule has 8 heteroatoms. The quantitative estimate of drug-likeness (QED) is 0.320. The summed E-state index contributed by atoms with van der Waals surface area (Å²) >= 11 is 0. The Morgan fingerprint density at radius 3 is 2.91 bits per heavy atom. The number of oxazole rings is 1. The van der Waals surface area contributed by atoms with Crippen LogP contribution >= 0.6 is 0 Å². The predicted octanol–water partition coefficient (Wildman–Crippen LogP) is 2.97. The highest BCUT2D eigenvalue weighted by atomic mass is 16.5. The molecule has 0 saturated carbocycles. The van der Waals surface area contributed by atoms with Crippen molar-refractivity contribution in [3.05, 3.63) is 74.9 Å². The summed E-state index contributed by atoms with van der Waals surface area (Å²) in [5.41, 5.74) is 12.6. The van der Waals surface area contributed by atoms with Gasteiger partial charge in [0, 0.05) is 24.9 Å². The molecule has 3 N–H and O–H groups in total. The number of esters is 1. The zero-order valence-electron chi connectivity index (χ0n) is 18.2. The molecule has 0 unspecified atom stereocenters. The van der Waals surface area contributed by atoms with Crippen molar-refractivity contribution in [1.82, 2.24) is 9.88 Å². The predicted molar refractivity (Wildman–Crippen MR) is 123 cm³/mol. The molecule has 1 aromatic heterocycles. The Balaban J connectivity index is 1.35. The largest absolute Gasteiger partial charge is 0.457 e. The van der Waals surface area contributed by atoms with Gasteiger partial charge in [-0.2, -0.15) is 0 Å². The van der Waals surface area contributed by atoms with Crippen LogP contribution in [0.2, 0.25) is 0 Å². The normalized spacial score (nSPS) is 13.8. The lowest BCUT2D eigenvalue weighted by Crippen LogP contribution is -2.21. The van der Waals surface area contributed by atoms with Crippen LogP contribution in [0.4, 0.5) is 5.69 Å². The Hall–Kier alpha value is -3.65. The van der Waals surface area contributed by atoms with E-state index in [2.05, 4.69) is 10.3 Å². The van der Waals surface area contributed by atoms with Crippen molar-refractivity contribution < 1.29 is 13.9 Å². The van der Waals surface area contributed by atoms with Crippen LogP contribution < -0.4 is 16.8 Å². The molecule has 32 heavy (non-hydrogen) atoms. The minimum Gasteiger partial charge on any atom is -0.457 e. The molecule has 0 spiro atoms. The van der Waals surface area contributed by atoms with E-state index >= 15 is 0 Å². The molecule has 0 atom stereocenters. The molecular formula is C24H26N4O4. The van der Waals surface area contributed by atoms with Crippen LogP contribution in [0.25, 0.3) is 11.1 Å². The zero-order valence-corrected chi connectivity index (χ0v) is 18.2. The summed E-state index contributed by atoms with van der Waals surface area (Å²) in [5, 5.41) is 3.38. The molecule has 2 aromatic carbocycles. The number of fused-ring (bicyclic) bond motifs is 2. The Kier molecular flexibility index (Phi) is 6.23. The Morgan fingerprint density at radius 2 is 2.12 bits per heavy atom. The third-order valence-corrected chi connectivity index (χ3v) is 5.74. The lowest BCUT2D eigenvalue weighted by Gasteiger charge is -2.10. The van der Waals surface area contributed by atoms with Crippen LogP contribution in [0.1, 0.15) is 34.0 Å². The third-order valence-electron chi connectivity index (χ3n) is 5.74. The third kappa shape index (κ3) is 4.22. The number of hydrogen-bond donors (Lipinski definition) is 2. The second-order valence-corrected chi connectivity index (χ2v) is 7.64. The molecule has 2 heterocycles. The number of hydrogen-bond acceptors (Lipinski definition) is 7. The number of cyclic esters (lactones) is 1. The number of nitrogens with two attached hydrogens (primary N) is 1. The molecule has 1 aliphatic heterocycles. The van der Waals surface area contributed by atoms with Gasteiger partial charge in [0.25, 0.3) is 0 Å². The topological polar surface area (TPSA) is 112 Å². The summed E-state index contributed by atoms with van der Waals surface area (Å²) in [5.74, 6) is -0.609. The first kappa shape index (κ1) is 21.6. The van der Waals surface area contributed by atoms with Crippen molar-refractivity contribution in [2.75, 3.05) is 13.1 Å². The molecular weight excluding hydrogens is 408 g/mol. The van der Waals surface area contributed by atoms with Gasteiger partial charge in [-0.25, -0.2) is 9.59 Å². The fraction of sp³-hybridized carbons (Fsp3) is 0.292. The summed E-state index contributed by atoms with van der Waals surface area (Å²) in [4.78, 5) is 28.0. The number of carbonyl (C=O) groups excluding carboxylic acids is 1. The van der Waals surface area contributed by atoms with E-state index in [0.717, 1.165) is 35.2 Å². The summed E-state index contributed by atoms with van der Waals surface area (Å²) in [6, 6.07) is 9.21. The maximum Gasteiger partial charge on any atom is 0.419 e. The molecule has 3 aromatic rings. The number of benzene rings is 2. The van der Waals surface area contributed by atoms with Gasteiger partial charge in [-0.1, -0.05) is 6.07 Å². The Labute approximate surface area is 185 Å². The van der Waals surface area contributed by atoms with Crippen molar-refractivity contribution in [1.29, 1.82) is 0 Å². The minimum absolute atomic E-state index is 0.241. The minimum atomic E-state index is -0.367. The highest BCUT2D eigenvalue weighted by molar-refractivity contribution is 5.94. The Morgan fingerprint density at radius 1 is 1.28 bits per heavy atom. The molecule has 8 nitrogen and oxygen atoms in total. The summed E-state index contributed by atoms with van der Waals surface area (Å²) in [6.07, 6.45) is 4.07. The first-order valence-corrected chi connectivity index (χ1v) is 10.6. The Bertz CT molecular complexity index is 1280. The molecule has 166 valence electrons. The van der Waals surface area contributed by atoms with Gasteiger partial charge in [-0.3, -0.25) is 9.56 Å². The smallest absolute Gasteiger partial charge is 0.419 e. The maximum atomic E-state index is 11.8. The first-order valence-electron chi connectivity index (χ1n) is 10.6. The van der Waals surface area contributed by atoms with Gasteiger partial charge in [0.1, 0.15) is 6.61 Å². The SMILES string of the molecule is CCn1c(=O)oc2ccc(N=CC(=CN)CNCCc3ccc4c(c3C)COC4=O)cc21. The number of aliphatic imine (C=N–C) groups is 1. The maximum absolute atomic E-state index is 11.8. The lowest BCUT2D eigenvalue weighted by atomic mass is 9.97. The van der Waals surface area contributed by atoms with Gasteiger partial charge in [0.2, 0.25) is 0 Å². The number of aryl methyl sites for hydroxylation is 1. The number of aromatic nitrogens is 1. The van der Waals surface area contributed by atoms with E-state index in [1.807, 2.05) is 32.0 Å². The molecule has 0 aliphatic carbocycles. The average molecular weight is 434 g/mol. The van der Waals surface area contributed by atoms with Gasteiger partial charge in [0.15, 0.2) is 5.58 Å². The van der Waals surface area contributed by atoms with E-state index in [1.54, 1.807) is 22.9 Å². The highest BCUT2D eigenvalue weighted by Gasteiger charge is 2.23. The van der Waals surface area contributed by atoms with Crippen LogP contribution in [-0.2, 0) is 24.3 Å². The van der Waals surface area contributed by atoms with E-state index in [1.165, 1.54) is 11.8 Å². The number of nitrogens with zero attached hydrogens (tertiary/aromatic N) is 2. The standard InChI is InChI=1S/C24H26N4O4/c1-3-28-21-10-18(5-7-22(21)32-24(28)30)27-13-16(11-25)12-26-9-8-17-4-6-19-20(15(17)2)14-31-23(19)29/h4-7,10-11,13,26H,3,8-9,12,14,25H2,1-2H3. The van der Waals surface area contributed by atoms with Gasteiger partial charge in [-0.05, 0) is 74.0 Å². The fourth-order valence-corrected chi connectivity index (χ4v) is 3.86. The lowest BCUT2D eigenvalue weighted by molar-refractivity contribution is 0.0535. The average Bonchev–Trinajstić information content (AvgIpc) is 3.33. The number of ether oxygens (including phenoxy) is 1. The summed E-state index contributed by atoms with van der Waals surface area (Å²) in [6.45, 7) is 6.14. The molecule has 0 fully saturated rings. The highest BCUT2D eigenvalue weighted by Crippen LogP contribution is 2.26. The van der Waals surface area contributed by atoms with E-state index < -0.39 is 0 Å². The van der Waals surface area contributed by atoms with Crippen LogP contribution in [0.15, 0.2) is 56.3 Å². The van der Waals surface area contributed by atoms with Crippen LogP contribution in [0.3, 0.4) is 0 Å². The molecule has 0 radical (unpaired) electrons. The van der Waals surface area contributed by atoms with Gasteiger partial charge in [-0.15, -0.1) is 0 Å². The number of nitrogens with one attached hydrogen (secondary N) is 1. The van der Waals surface area contributed by atoms with Gasteiger partial charge >= 0.3 is 11.7 Å². The van der Waals surface area contributed by atoms with Crippen LogP contribution in [0.5, 0.6) is 0 Å². The molecule has 1 aliphatic rings. The molecule has 4 rings (SSSR count). The van der Waals surface area contributed by atoms with Crippen LogP contribution in [-0.4, -0.2) is 29.8 Å². The summed E-state index contributed by atoms with van der Waals surface area (Å²) < 4.78 is 11.9. The molecule has 0 bridgehead atoms. The summed E-state index contributed by atoms with van der Waals surface area (Å²) in [7, 11) is 0. The van der Waals surface area contributed by atoms with Crippen molar-refractivity contribution >= 4 is 29.0 Å². The number of rotatable bonds is 8. The first-order chi connectivity index (χ1) is 15.5. The van der Waals surface area contributed by atoms with Gasteiger partial charge < -0.3 is 20.2 Å². The zero-order chi connectivity index (χ0) is 22.7. The second-order valence-electron chi connectivity index (χ2n) is 7.64. The van der Waals surface area contributed by atoms with Crippen molar-refractivity contribution in [3.8, 4) is 0 Å². The number of carbonyl (C=O) groups is 1. The van der Waals surface area contributed by atoms with Crippen molar-refractivity contribution in [2.45, 2.75) is 33.4 Å². The molecule has 0 amide bonds. The van der Waals surface area contributed by atoms with E-state index in [-0.39, 0.29) is 11.7 Å². The van der Waals surface area contributed by atoms with E-state index in [0.29, 0.717) is 36.5 Å². The van der Waals surface area contributed by atoms with E-state index in [4.69, 9.17) is 14.9 Å². The van der Waals surface area contributed by atoms with Crippen LogP contribution in [0, 0.1) is 6.92 Å². The monoisotopic (exact) mass is 434 g/mol. The van der Waals surface area contributed by atoms with Crippen molar-refractivity contribution in [2.24, 2.45) is 10.7 Å². The van der Waals surface area contributed by atoms with E-state index in [9.17, 15) is 9.59 Å². The molecule has 0 saturated heterocycles. The fourth-order valence-electron chi connectivity index (χ4n) is 3.86. The van der Waals surface area contributed by atoms with Crippen molar-refractivity contribution in [3.63, 3.8) is 0 Å². The second kappa shape index (κ2) is 9.23.